The number of rotatable bonds is 4. The fourth-order valence-electron chi connectivity index (χ4n) is 0.528. The van der Waals surface area contributed by atoms with Crippen LogP contribution in [-0.2, 0) is 19.1 Å². The Bertz CT molecular complexity index is 302. The average Bonchev–Trinajstić information content (AvgIpc) is 2.03. The lowest BCUT2D eigenvalue weighted by atomic mass is 10.2. The molecule has 7 heteroatoms. The Morgan fingerprint density at radius 3 is 2.31 bits per heavy atom. The van der Waals surface area contributed by atoms with Crippen LogP contribution in [0.5, 0.6) is 0 Å². The Kier molecular flexibility index (Phi) is 4.05. The highest BCUT2D eigenvalue weighted by atomic mass is 16.5. The van der Waals surface area contributed by atoms with Gasteiger partial charge in [-0.25, -0.2) is 4.79 Å². The molecule has 0 bridgehead atoms. The van der Waals surface area contributed by atoms with Gasteiger partial charge in [0.05, 0.1) is 7.11 Å². The Labute approximate surface area is 72.5 Å². The minimum atomic E-state index is -1.42. The molecule has 0 aliphatic heterocycles. The van der Waals surface area contributed by atoms with Crippen LogP contribution in [0.4, 0.5) is 0 Å². The molecule has 1 N–H and O–H groups in total. The lowest BCUT2D eigenvalue weighted by molar-refractivity contribution is -0.142. The monoisotopic (exact) mass is 186 g/mol. The first-order valence-electron chi connectivity index (χ1n) is 3.08. The van der Waals surface area contributed by atoms with E-state index in [9.17, 15) is 14.4 Å². The maximum absolute atomic E-state index is 10.8. The average molecular weight is 186 g/mol. The molecule has 0 amide bonds. The SMILES string of the molecule is COC(=O)C(=[N+]=[N-])C(=O)CC(=O)O. The Morgan fingerprint density at radius 1 is 1.46 bits per heavy atom. The lowest BCUT2D eigenvalue weighted by Crippen LogP contribution is -2.28. The number of carbonyl (C=O) groups excluding carboxylic acids is 2. The van der Waals surface area contributed by atoms with E-state index in [4.69, 9.17) is 10.6 Å². The summed E-state index contributed by atoms with van der Waals surface area (Å²) >= 11 is 0. The molecule has 0 saturated carbocycles. The van der Waals surface area contributed by atoms with Crippen LogP contribution in [0.1, 0.15) is 6.42 Å². The van der Waals surface area contributed by atoms with Crippen molar-refractivity contribution in [3.63, 3.8) is 0 Å². The van der Waals surface area contributed by atoms with Gasteiger partial charge in [-0.05, 0) is 0 Å². The molecule has 0 heterocycles. The minimum Gasteiger partial charge on any atom is -0.481 e. The molecule has 0 unspecified atom stereocenters. The maximum atomic E-state index is 10.8. The summed E-state index contributed by atoms with van der Waals surface area (Å²) in [5.74, 6) is -3.70. The van der Waals surface area contributed by atoms with Crippen molar-refractivity contribution in [2.45, 2.75) is 6.42 Å². The van der Waals surface area contributed by atoms with Crippen LogP contribution in [0.15, 0.2) is 0 Å². The highest BCUT2D eigenvalue weighted by molar-refractivity contribution is 6.63. The molecule has 0 aliphatic rings. The van der Waals surface area contributed by atoms with Crippen molar-refractivity contribution in [1.82, 2.24) is 0 Å². The number of hydrogen-bond acceptors (Lipinski definition) is 4. The van der Waals surface area contributed by atoms with Gasteiger partial charge in [0.25, 0.3) is 5.78 Å². The highest BCUT2D eigenvalue weighted by Gasteiger charge is 2.31. The molecule has 0 aromatic rings. The zero-order valence-electron chi connectivity index (χ0n) is 6.68. The molecule has 0 radical (unpaired) electrons. The van der Waals surface area contributed by atoms with Gasteiger partial charge in [-0.1, -0.05) is 0 Å². The van der Waals surface area contributed by atoms with Crippen molar-refractivity contribution in [3.05, 3.63) is 5.53 Å². The number of esters is 1. The predicted octanol–water partition coefficient (Wildman–Crippen LogP) is -1.13. The first kappa shape index (κ1) is 11.0. The second-order valence-corrected chi connectivity index (χ2v) is 1.93. The van der Waals surface area contributed by atoms with Crippen molar-refractivity contribution >= 4 is 23.4 Å². The fourth-order valence-corrected chi connectivity index (χ4v) is 0.528. The summed E-state index contributed by atoms with van der Waals surface area (Å²) in [6.07, 6.45) is -0.922. The van der Waals surface area contributed by atoms with Gasteiger partial charge in [0, 0.05) is 0 Å². The third-order valence-corrected chi connectivity index (χ3v) is 1.05. The first-order valence-corrected chi connectivity index (χ1v) is 3.08. The van der Waals surface area contributed by atoms with Gasteiger partial charge in [0.2, 0.25) is 0 Å². The second-order valence-electron chi connectivity index (χ2n) is 1.93. The van der Waals surface area contributed by atoms with E-state index < -0.39 is 29.9 Å². The smallest absolute Gasteiger partial charge is 0.442 e. The Morgan fingerprint density at radius 2 is 2.00 bits per heavy atom. The Hall–Kier alpha value is -2.01. The second kappa shape index (κ2) is 4.78. The highest BCUT2D eigenvalue weighted by Crippen LogP contribution is 1.88. The number of hydrogen-bond donors (Lipinski definition) is 1. The molecule has 7 nitrogen and oxygen atoms in total. The topological polar surface area (TPSA) is 117 Å². The van der Waals surface area contributed by atoms with Gasteiger partial charge in [-0.15, -0.1) is 0 Å². The number of methoxy groups -OCH3 is 1. The molecular weight excluding hydrogens is 180 g/mol. The zero-order valence-corrected chi connectivity index (χ0v) is 6.68. The van der Waals surface area contributed by atoms with Crippen molar-refractivity contribution < 1.29 is 29.0 Å². The van der Waals surface area contributed by atoms with Crippen LogP contribution in [0.2, 0.25) is 0 Å². The molecule has 70 valence electrons. The lowest BCUT2D eigenvalue weighted by Gasteiger charge is -1.91. The van der Waals surface area contributed by atoms with Crippen molar-refractivity contribution in [2.24, 2.45) is 0 Å². The van der Waals surface area contributed by atoms with Crippen molar-refractivity contribution in [1.29, 1.82) is 0 Å². The van der Waals surface area contributed by atoms with Gasteiger partial charge in [-0.2, -0.15) is 4.79 Å². The van der Waals surface area contributed by atoms with E-state index in [2.05, 4.69) is 9.53 Å². The molecular formula is C6H6N2O5. The van der Waals surface area contributed by atoms with Gasteiger partial charge in [0.1, 0.15) is 6.42 Å². The van der Waals surface area contributed by atoms with Crippen LogP contribution < -0.4 is 0 Å². The summed E-state index contributed by atoms with van der Waals surface area (Å²) in [6, 6.07) is 0. The number of ketones is 1. The molecule has 0 aliphatic carbocycles. The van der Waals surface area contributed by atoms with Crippen LogP contribution in [-0.4, -0.2) is 40.4 Å². The summed E-state index contributed by atoms with van der Waals surface area (Å²) in [5, 5.41) is 8.17. The van der Waals surface area contributed by atoms with Crippen LogP contribution in [0, 0.1) is 0 Å². The predicted molar refractivity (Wildman–Crippen MR) is 37.9 cm³/mol. The summed E-state index contributed by atoms with van der Waals surface area (Å²) in [6.45, 7) is 0. The number of ether oxygens (including phenoxy) is 1. The van der Waals surface area contributed by atoms with Gasteiger partial charge >= 0.3 is 17.7 Å². The quantitative estimate of drug-likeness (QED) is 0.196. The number of carbonyl (C=O) groups is 3. The number of carboxylic acid groups (broad SMARTS) is 1. The molecule has 0 fully saturated rings. The standard InChI is InChI=1S/C6H6N2O5/c1-13-6(12)5(8-7)3(9)2-4(10)11/h2H2,1H3,(H,10,11). The van der Waals surface area contributed by atoms with Crippen LogP contribution in [0.25, 0.3) is 5.53 Å². The number of nitrogens with zero attached hydrogens (tertiary/aromatic N) is 2. The minimum absolute atomic E-state index is 0.922. The summed E-state index contributed by atoms with van der Waals surface area (Å²) < 4.78 is 4.06. The number of Topliss-reactive ketones (excluding diaryl/α,β-unsaturated/α-hetero) is 1. The van der Waals surface area contributed by atoms with Gasteiger partial charge in [-0.3, -0.25) is 9.59 Å². The zero-order chi connectivity index (χ0) is 10.4. The summed E-state index contributed by atoms with van der Waals surface area (Å²) in [5.41, 5.74) is 7.26. The summed E-state index contributed by atoms with van der Waals surface area (Å²) in [7, 11) is 0.974. The van der Waals surface area contributed by atoms with Crippen molar-refractivity contribution in [3.8, 4) is 0 Å². The van der Waals surface area contributed by atoms with Crippen LogP contribution >= 0.6 is 0 Å². The molecule has 0 aromatic heterocycles. The van der Waals surface area contributed by atoms with E-state index in [0.717, 1.165) is 7.11 Å². The van der Waals surface area contributed by atoms with E-state index >= 15 is 0 Å². The molecule has 0 atom stereocenters. The molecule has 0 rings (SSSR count). The maximum Gasteiger partial charge on any atom is 0.442 e. The van der Waals surface area contributed by atoms with Gasteiger partial charge in [0.15, 0.2) is 0 Å². The first-order chi connectivity index (χ1) is 6.02. The molecule has 13 heavy (non-hydrogen) atoms. The van der Waals surface area contributed by atoms with E-state index in [1.54, 1.807) is 0 Å². The molecule has 0 saturated heterocycles. The largest absolute Gasteiger partial charge is 0.481 e. The van der Waals surface area contributed by atoms with E-state index in [0.29, 0.717) is 0 Å². The third-order valence-electron chi connectivity index (χ3n) is 1.05. The molecule has 0 aromatic carbocycles. The molecule has 0 spiro atoms. The normalized spacial score (nSPS) is 8.38. The Balaban J connectivity index is 4.63. The van der Waals surface area contributed by atoms with E-state index in [1.165, 1.54) is 0 Å². The van der Waals surface area contributed by atoms with E-state index in [1.807, 2.05) is 0 Å². The van der Waals surface area contributed by atoms with Gasteiger partial charge < -0.3 is 15.4 Å². The summed E-state index contributed by atoms with van der Waals surface area (Å²) in [4.78, 5) is 33.8. The number of aliphatic carboxylic acids is 1. The fraction of sp³-hybridized carbons (Fsp3) is 0.333. The van der Waals surface area contributed by atoms with Crippen molar-refractivity contribution in [2.75, 3.05) is 7.11 Å². The third kappa shape index (κ3) is 3.26. The van der Waals surface area contributed by atoms with E-state index in [-0.39, 0.29) is 0 Å². The van der Waals surface area contributed by atoms with Crippen LogP contribution in [0.3, 0.4) is 0 Å². The number of carboxylic acids is 1.